The number of likely N-dealkylation sites (tertiary alicyclic amines) is 1. The first-order valence-corrected chi connectivity index (χ1v) is 9.97. The highest BCUT2D eigenvalue weighted by Gasteiger charge is 2.30. The number of anilines is 1. The topological polar surface area (TPSA) is 84.2 Å². The Hall–Kier alpha value is -2.44. The van der Waals surface area contributed by atoms with Gasteiger partial charge in [0.1, 0.15) is 17.4 Å². The lowest BCUT2D eigenvalue weighted by atomic mass is 9.96. The predicted octanol–water partition coefficient (Wildman–Crippen LogP) is 2.79. The third-order valence-corrected chi connectivity index (χ3v) is 5.59. The molecule has 1 amide bonds. The molecule has 2 aromatic heterocycles. The zero-order valence-electron chi connectivity index (χ0n) is 16.1. The molecule has 144 valence electrons. The number of aromatic nitrogens is 3. The van der Waals surface area contributed by atoms with Crippen molar-refractivity contribution in [1.82, 2.24) is 19.9 Å². The van der Waals surface area contributed by atoms with Gasteiger partial charge in [0.15, 0.2) is 12.1 Å². The van der Waals surface area contributed by atoms with E-state index in [1.807, 2.05) is 18.7 Å². The number of nitrogens with one attached hydrogen (secondary N) is 1. The molecule has 1 saturated heterocycles. The van der Waals surface area contributed by atoms with E-state index < -0.39 is 0 Å². The van der Waals surface area contributed by atoms with Crippen LogP contribution in [-0.2, 0) is 19.3 Å². The van der Waals surface area contributed by atoms with Gasteiger partial charge in [0.05, 0.1) is 0 Å². The van der Waals surface area contributed by atoms with Gasteiger partial charge >= 0.3 is 0 Å². The molecule has 0 aromatic carbocycles. The number of hydrogen-bond donors (Lipinski definition) is 1. The fourth-order valence-electron chi connectivity index (χ4n) is 4.13. The molecule has 1 atom stereocenters. The summed E-state index contributed by atoms with van der Waals surface area (Å²) in [6.45, 7) is 6.26. The summed E-state index contributed by atoms with van der Waals surface area (Å²) < 4.78 is 5.31. The lowest BCUT2D eigenvalue weighted by Gasteiger charge is -2.20. The van der Waals surface area contributed by atoms with E-state index in [4.69, 9.17) is 4.42 Å². The Labute approximate surface area is 159 Å². The molecule has 0 bridgehead atoms. The molecule has 1 unspecified atom stereocenters. The van der Waals surface area contributed by atoms with E-state index in [0.717, 1.165) is 50.5 Å². The number of hydrogen-bond acceptors (Lipinski definition) is 6. The van der Waals surface area contributed by atoms with Crippen LogP contribution in [0.2, 0.25) is 0 Å². The maximum atomic E-state index is 12.7. The lowest BCUT2D eigenvalue weighted by molar-refractivity contribution is 0.0780. The van der Waals surface area contributed by atoms with Crippen molar-refractivity contribution < 1.29 is 9.21 Å². The minimum Gasteiger partial charge on any atom is -0.448 e. The van der Waals surface area contributed by atoms with Crippen LogP contribution in [0.5, 0.6) is 0 Å². The summed E-state index contributed by atoms with van der Waals surface area (Å²) in [5.41, 5.74) is 2.96. The summed E-state index contributed by atoms with van der Waals surface area (Å²) in [5, 5.41) is 3.55. The largest absolute Gasteiger partial charge is 0.448 e. The monoisotopic (exact) mass is 369 g/mol. The van der Waals surface area contributed by atoms with Crippen molar-refractivity contribution in [3.05, 3.63) is 34.9 Å². The van der Waals surface area contributed by atoms with Crippen LogP contribution in [0.25, 0.3) is 0 Å². The van der Waals surface area contributed by atoms with Crippen molar-refractivity contribution in [2.75, 3.05) is 25.0 Å². The van der Waals surface area contributed by atoms with Gasteiger partial charge in [-0.25, -0.2) is 15.0 Å². The summed E-state index contributed by atoms with van der Waals surface area (Å²) >= 11 is 0. The van der Waals surface area contributed by atoms with Gasteiger partial charge in [-0.15, -0.1) is 0 Å². The second kappa shape index (κ2) is 7.66. The van der Waals surface area contributed by atoms with Crippen molar-refractivity contribution in [3.8, 4) is 0 Å². The number of oxazole rings is 1. The highest BCUT2D eigenvalue weighted by atomic mass is 16.3. The van der Waals surface area contributed by atoms with Crippen LogP contribution in [0.4, 0.5) is 5.82 Å². The van der Waals surface area contributed by atoms with Gasteiger partial charge < -0.3 is 14.6 Å². The van der Waals surface area contributed by atoms with Gasteiger partial charge in [0, 0.05) is 37.3 Å². The molecule has 0 spiro atoms. The van der Waals surface area contributed by atoms with Crippen LogP contribution in [0.15, 0.2) is 10.8 Å². The maximum Gasteiger partial charge on any atom is 0.276 e. The quantitative estimate of drug-likeness (QED) is 0.872. The highest BCUT2D eigenvalue weighted by Crippen LogP contribution is 2.26. The SMILES string of the molecule is CCc1ocnc1C(=O)N1CCC(CNc2nc(C)nc3c2CCCC3)C1. The van der Waals surface area contributed by atoms with Crippen molar-refractivity contribution in [1.29, 1.82) is 0 Å². The first kappa shape index (κ1) is 17.9. The lowest BCUT2D eigenvalue weighted by Crippen LogP contribution is -2.30. The number of aryl methyl sites for hydroxylation is 3. The Balaban J connectivity index is 1.38. The van der Waals surface area contributed by atoms with Crippen LogP contribution in [0.3, 0.4) is 0 Å². The fraction of sp³-hybridized carbons (Fsp3) is 0.600. The molecule has 1 N–H and O–H groups in total. The van der Waals surface area contributed by atoms with E-state index in [1.165, 1.54) is 30.5 Å². The van der Waals surface area contributed by atoms with Crippen LogP contribution in [0, 0.1) is 12.8 Å². The Kier molecular flexibility index (Phi) is 5.09. The molecule has 2 aliphatic rings. The Bertz CT molecular complexity index is 832. The van der Waals surface area contributed by atoms with E-state index in [-0.39, 0.29) is 5.91 Å². The minimum absolute atomic E-state index is 0.0154. The summed E-state index contributed by atoms with van der Waals surface area (Å²) in [6, 6.07) is 0. The molecule has 27 heavy (non-hydrogen) atoms. The Morgan fingerprint density at radius 3 is 3.04 bits per heavy atom. The third kappa shape index (κ3) is 3.68. The number of fused-ring (bicyclic) bond motifs is 1. The van der Waals surface area contributed by atoms with Crippen LogP contribution in [0.1, 0.15) is 59.5 Å². The van der Waals surface area contributed by atoms with E-state index in [2.05, 4.69) is 20.3 Å². The second-order valence-corrected chi connectivity index (χ2v) is 7.52. The summed E-state index contributed by atoms with van der Waals surface area (Å²) in [4.78, 5) is 28.0. The van der Waals surface area contributed by atoms with E-state index in [0.29, 0.717) is 23.8 Å². The molecule has 4 rings (SSSR count). The predicted molar refractivity (Wildman–Crippen MR) is 102 cm³/mol. The zero-order valence-corrected chi connectivity index (χ0v) is 16.1. The number of nitrogens with zero attached hydrogens (tertiary/aromatic N) is 4. The number of carbonyl (C=O) groups excluding carboxylic acids is 1. The zero-order chi connectivity index (χ0) is 18.8. The fourth-order valence-corrected chi connectivity index (χ4v) is 4.13. The van der Waals surface area contributed by atoms with Crippen molar-refractivity contribution >= 4 is 11.7 Å². The van der Waals surface area contributed by atoms with Crippen molar-refractivity contribution in [2.45, 2.75) is 52.4 Å². The van der Waals surface area contributed by atoms with Crippen molar-refractivity contribution in [2.24, 2.45) is 5.92 Å². The van der Waals surface area contributed by atoms with E-state index >= 15 is 0 Å². The molecule has 7 heteroatoms. The van der Waals surface area contributed by atoms with Gasteiger partial charge in [-0.05, 0) is 44.9 Å². The average Bonchev–Trinajstić information content (AvgIpc) is 3.34. The first-order valence-electron chi connectivity index (χ1n) is 9.97. The van der Waals surface area contributed by atoms with Gasteiger partial charge in [0.2, 0.25) is 0 Å². The Morgan fingerprint density at radius 2 is 2.19 bits per heavy atom. The smallest absolute Gasteiger partial charge is 0.276 e. The summed E-state index contributed by atoms with van der Waals surface area (Å²) in [7, 11) is 0. The van der Waals surface area contributed by atoms with Gasteiger partial charge in [-0.1, -0.05) is 6.92 Å². The molecule has 3 heterocycles. The normalized spacial score (nSPS) is 19.2. The molecule has 0 radical (unpaired) electrons. The van der Waals surface area contributed by atoms with Crippen molar-refractivity contribution in [3.63, 3.8) is 0 Å². The second-order valence-electron chi connectivity index (χ2n) is 7.52. The molecule has 7 nitrogen and oxygen atoms in total. The molecule has 1 aliphatic heterocycles. The Morgan fingerprint density at radius 1 is 1.33 bits per heavy atom. The first-order chi connectivity index (χ1) is 13.2. The number of rotatable bonds is 5. The van der Waals surface area contributed by atoms with E-state index in [9.17, 15) is 4.79 Å². The van der Waals surface area contributed by atoms with Crippen LogP contribution >= 0.6 is 0 Å². The molecule has 2 aromatic rings. The van der Waals surface area contributed by atoms with Crippen LogP contribution in [-0.4, -0.2) is 45.4 Å². The molecule has 1 fully saturated rings. The number of amides is 1. The average molecular weight is 369 g/mol. The molecule has 1 aliphatic carbocycles. The molecular formula is C20H27N5O2. The molecule has 0 saturated carbocycles. The van der Waals surface area contributed by atoms with Crippen LogP contribution < -0.4 is 5.32 Å². The minimum atomic E-state index is -0.0154. The maximum absolute atomic E-state index is 12.7. The number of carbonyl (C=O) groups is 1. The van der Waals surface area contributed by atoms with Gasteiger partial charge in [-0.3, -0.25) is 4.79 Å². The standard InChI is InChI=1S/C20H27N5O2/c1-3-17-18(22-12-27-17)20(26)25-9-8-14(11-25)10-21-19-15-6-4-5-7-16(15)23-13(2)24-19/h12,14H,3-11H2,1-2H3,(H,21,23,24). The summed E-state index contributed by atoms with van der Waals surface area (Å²) in [6.07, 6.45) is 7.56. The third-order valence-electron chi connectivity index (χ3n) is 5.59. The highest BCUT2D eigenvalue weighted by molar-refractivity contribution is 5.93. The molecular weight excluding hydrogens is 342 g/mol. The van der Waals surface area contributed by atoms with Gasteiger partial charge in [0.25, 0.3) is 5.91 Å². The van der Waals surface area contributed by atoms with E-state index in [1.54, 1.807) is 0 Å². The van der Waals surface area contributed by atoms with Gasteiger partial charge in [-0.2, -0.15) is 0 Å². The summed E-state index contributed by atoms with van der Waals surface area (Å²) in [5.74, 6) is 2.90.